The average molecular weight is 961 g/mol. The van der Waals surface area contributed by atoms with E-state index < -0.39 is 69.6 Å². The third-order valence-corrected chi connectivity index (χ3v) is 26.3. The van der Waals surface area contributed by atoms with E-state index in [0.29, 0.717) is 46.0 Å². The molecule has 14 heteroatoms. The van der Waals surface area contributed by atoms with Gasteiger partial charge in [-0.3, -0.25) is 4.90 Å². The Labute approximate surface area is 398 Å². The number of piperazine rings is 1. The molecule has 0 radical (unpaired) electrons. The number of fused-ring (bicyclic) bond motifs is 4. The highest BCUT2D eigenvalue weighted by atomic mass is 28.4. The monoisotopic (exact) mass is 961 g/mol. The van der Waals surface area contributed by atoms with Crippen molar-refractivity contribution in [3.8, 4) is 28.6 Å². The molecule has 0 unspecified atom stereocenters. The molecule has 7 rings (SSSR count). The largest absolute Gasteiger partial charge is 0.462 e. The van der Waals surface area contributed by atoms with Gasteiger partial charge in [0.05, 0.1) is 22.6 Å². The van der Waals surface area contributed by atoms with Crippen molar-refractivity contribution in [1.29, 1.82) is 0 Å². The van der Waals surface area contributed by atoms with Crippen LogP contribution in [0, 0.1) is 35.4 Å². The smallest absolute Gasteiger partial charge is 0.411 e. The summed E-state index contributed by atoms with van der Waals surface area (Å²) < 4.78 is 84.4. The number of nitrogens with zero attached hydrogens (tertiary/aromatic N) is 4. The van der Waals surface area contributed by atoms with Gasteiger partial charge in [-0.25, -0.2) is 22.4 Å². The molecule has 0 spiro atoms. The fourth-order valence-corrected chi connectivity index (χ4v) is 17.0. The van der Waals surface area contributed by atoms with Crippen molar-refractivity contribution in [1.82, 2.24) is 14.9 Å². The number of hydrogen-bond donors (Lipinski definition) is 0. The Morgan fingerprint density at radius 1 is 0.955 bits per heavy atom. The molecule has 1 aliphatic carbocycles. The SMILES string of the molecule is Cc1cc(-c2c(F)cc3c(N4C[C@H]5CC[C@](C)(C4)N5C(=O)OC(C)(C)C)nc(OC[C@]4(CO[Si](C)(C)C(C)(C)C)CC4(F)F)nc3c2F)c2c(C#C[Si](C(C)C)(C(C)C)C(C)C)cccc2c1. The van der Waals surface area contributed by atoms with Crippen LogP contribution in [0.3, 0.4) is 0 Å². The zero-order valence-electron chi connectivity index (χ0n) is 42.7. The maximum Gasteiger partial charge on any atom is 0.411 e. The number of benzene rings is 3. The minimum absolute atomic E-state index is 0.103. The second-order valence-corrected chi connectivity index (χ2v) is 33.9. The summed E-state index contributed by atoms with van der Waals surface area (Å²) in [7, 11) is -4.62. The first-order valence-corrected chi connectivity index (χ1v) is 29.2. The normalized spacial score (nSPS) is 22.0. The maximum absolute atomic E-state index is 17.9. The van der Waals surface area contributed by atoms with Crippen LogP contribution in [-0.4, -0.2) is 86.8 Å². The highest BCUT2D eigenvalue weighted by Crippen LogP contribution is 2.61. The van der Waals surface area contributed by atoms with E-state index >= 15 is 17.6 Å². The number of hydrogen-bond acceptors (Lipinski definition) is 7. The van der Waals surface area contributed by atoms with Gasteiger partial charge < -0.3 is 18.8 Å². The molecular formula is C53H72F4N4O4Si2. The quantitative estimate of drug-likeness (QED) is 0.0842. The van der Waals surface area contributed by atoms with E-state index in [-0.39, 0.29) is 59.1 Å². The first kappa shape index (κ1) is 50.7. The molecule has 3 fully saturated rings. The molecule has 1 saturated carbocycles. The lowest BCUT2D eigenvalue weighted by molar-refractivity contribution is -0.00293. The van der Waals surface area contributed by atoms with E-state index in [2.05, 4.69) is 78.8 Å². The van der Waals surface area contributed by atoms with Gasteiger partial charge in [-0.2, -0.15) is 9.97 Å². The number of aryl methyl sites for hydroxylation is 1. The van der Waals surface area contributed by atoms with Gasteiger partial charge in [0.15, 0.2) is 14.1 Å². The number of halogens is 4. The molecule has 8 nitrogen and oxygen atoms in total. The summed E-state index contributed by atoms with van der Waals surface area (Å²) >= 11 is 0. The summed E-state index contributed by atoms with van der Waals surface area (Å²) in [5.41, 5.74) is 3.22. The lowest BCUT2D eigenvalue weighted by Gasteiger charge is -2.47. The second-order valence-electron chi connectivity index (χ2n) is 23.6. The number of amides is 1. The predicted molar refractivity (Wildman–Crippen MR) is 267 cm³/mol. The Balaban J connectivity index is 1.39. The Hall–Kier alpha value is -4.20. The van der Waals surface area contributed by atoms with Gasteiger partial charge in [-0.1, -0.05) is 92.5 Å². The number of aromatic nitrogens is 2. The van der Waals surface area contributed by atoms with Crippen molar-refractivity contribution in [3.63, 3.8) is 0 Å². The third kappa shape index (κ3) is 9.22. The summed E-state index contributed by atoms with van der Waals surface area (Å²) in [4.78, 5) is 26.7. The van der Waals surface area contributed by atoms with E-state index in [4.69, 9.17) is 18.9 Å². The summed E-state index contributed by atoms with van der Waals surface area (Å²) in [5, 5.41) is 1.32. The van der Waals surface area contributed by atoms with Crippen LogP contribution in [0.1, 0.15) is 120 Å². The van der Waals surface area contributed by atoms with Gasteiger partial charge >= 0.3 is 12.1 Å². The molecule has 2 saturated heterocycles. The van der Waals surface area contributed by atoms with Crippen LogP contribution in [0.5, 0.6) is 6.01 Å². The fraction of sp³-hybridized carbons (Fsp3) is 0.604. The molecule has 4 aromatic rings. The lowest BCUT2D eigenvalue weighted by atomic mass is 9.91. The van der Waals surface area contributed by atoms with Crippen molar-refractivity contribution < 1.29 is 36.3 Å². The molecule has 3 heterocycles. The van der Waals surface area contributed by atoms with Crippen molar-refractivity contribution in [3.05, 3.63) is 59.2 Å². The van der Waals surface area contributed by atoms with Gasteiger partial charge in [-0.15, -0.1) is 5.54 Å². The Kier molecular flexibility index (Phi) is 13.1. The number of anilines is 1. The number of ether oxygens (including phenoxy) is 2. The number of rotatable bonds is 11. The van der Waals surface area contributed by atoms with E-state index in [1.165, 1.54) is 6.07 Å². The number of alkyl halides is 2. The molecule has 3 aliphatic rings. The Bertz CT molecular complexity index is 2630. The zero-order valence-corrected chi connectivity index (χ0v) is 44.7. The van der Waals surface area contributed by atoms with Crippen LogP contribution in [-0.2, 0) is 9.16 Å². The molecule has 0 N–H and O–H groups in total. The standard InChI is InChI=1S/C53H72F4N4O4Si2/c1-32(2)67(33(3)4,34(5)6)23-21-36-18-17-19-37-24-35(7)25-39(42(36)37)43-41(54)26-40-45(44(43)55)58-47(63-30-52(28-53(52,56)57)31-64-66(15,16)50(11,12)13)59-46(40)60-27-38-20-22-51(14,29-60)61(38)48(62)65-49(8,9)10/h17-19,24-26,32-34,38H,20,22,27-31H2,1-16H3/t38-,51-,52+/m1/s1. The van der Waals surface area contributed by atoms with E-state index in [1.807, 2.05) is 76.9 Å². The van der Waals surface area contributed by atoms with Crippen LogP contribution in [0.4, 0.5) is 28.2 Å². The van der Waals surface area contributed by atoms with Crippen LogP contribution < -0.4 is 9.64 Å². The van der Waals surface area contributed by atoms with Crippen LogP contribution in [0.25, 0.3) is 32.8 Å². The van der Waals surface area contributed by atoms with E-state index in [1.54, 1.807) is 11.0 Å². The van der Waals surface area contributed by atoms with E-state index in [0.717, 1.165) is 10.9 Å². The van der Waals surface area contributed by atoms with Gasteiger partial charge in [0.1, 0.15) is 37.4 Å². The molecule has 3 aromatic carbocycles. The minimum Gasteiger partial charge on any atom is -0.462 e. The zero-order chi connectivity index (χ0) is 49.6. The average Bonchev–Trinajstić information content (AvgIpc) is 3.67. The number of carbonyl (C=O) groups excluding carboxylic acids is 1. The predicted octanol–water partition coefficient (Wildman–Crippen LogP) is 14.0. The maximum atomic E-state index is 17.9. The first-order valence-electron chi connectivity index (χ1n) is 24.1. The van der Waals surface area contributed by atoms with E-state index in [9.17, 15) is 4.79 Å². The molecule has 2 bridgehead atoms. The van der Waals surface area contributed by atoms with Crippen LogP contribution in [0.2, 0.25) is 34.8 Å². The molecule has 364 valence electrons. The highest BCUT2D eigenvalue weighted by Gasteiger charge is 2.72. The third-order valence-electron chi connectivity index (χ3n) is 15.5. The molecule has 2 aliphatic heterocycles. The Morgan fingerprint density at radius 2 is 1.60 bits per heavy atom. The van der Waals surface area contributed by atoms with Gasteiger partial charge in [-0.05, 0) is 111 Å². The lowest BCUT2D eigenvalue weighted by Crippen LogP contribution is -2.63. The molecule has 3 atom stereocenters. The van der Waals surface area contributed by atoms with Crippen molar-refractivity contribution in [2.24, 2.45) is 5.41 Å². The molecular weight excluding hydrogens is 889 g/mol. The highest BCUT2D eigenvalue weighted by molar-refractivity contribution is 6.90. The van der Waals surface area contributed by atoms with Crippen molar-refractivity contribution >= 4 is 50.0 Å². The van der Waals surface area contributed by atoms with Gasteiger partial charge in [0, 0.05) is 42.5 Å². The molecule has 67 heavy (non-hydrogen) atoms. The summed E-state index contributed by atoms with van der Waals surface area (Å²) in [6.45, 7) is 32.9. The van der Waals surface area contributed by atoms with Crippen LogP contribution in [0.15, 0.2) is 36.4 Å². The summed E-state index contributed by atoms with van der Waals surface area (Å²) in [6, 6.07) is 10.2. The number of carbonyl (C=O) groups is 1. The Morgan fingerprint density at radius 3 is 2.16 bits per heavy atom. The first-order chi connectivity index (χ1) is 30.9. The summed E-state index contributed by atoms with van der Waals surface area (Å²) in [5.74, 6) is -1.04. The van der Waals surface area contributed by atoms with Crippen LogP contribution >= 0.6 is 0 Å². The van der Waals surface area contributed by atoms with Crippen molar-refractivity contribution in [2.75, 3.05) is 31.2 Å². The molecule has 1 amide bonds. The van der Waals surface area contributed by atoms with Gasteiger partial charge in [0.25, 0.3) is 5.92 Å². The van der Waals surface area contributed by atoms with Gasteiger partial charge in [0.2, 0.25) is 0 Å². The second kappa shape index (κ2) is 17.3. The van der Waals surface area contributed by atoms with Crippen molar-refractivity contribution in [2.45, 2.75) is 174 Å². The summed E-state index contributed by atoms with van der Waals surface area (Å²) in [6.07, 6.45) is 0.481. The fourth-order valence-electron chi connectivity index (χ4n) is 10.7. The topological polar surface area (TPSA) is 77.0 Å². The minimum atomic E-state index is -3.06. The molecule has 1 aromatic heterocycles.